The molecule has 0 saturated heterocycles. The predicted molar refractivity (Wildman–Crippen MR) is 76.5 cm³/mol. The van der Waals surface area contributed by atoms with Crippen LogP contribution in [0.1, 0.15) is 0 Å². The first-order valence-electron chi connectivity index (χ1n) is 5.89. The molecule has 0 radical (unpaired) electrons. The molecule has 2 heterocycles. The number of nitrogens with one attached hydrogen (secondary N) is 1. The van der Waals surface area contributed by atoms with Crippen LogP contribution in [0.25, 0.3) is 10.9 Å². The average molecular weight is 321 g/mol. The van der Waals surface area contributed by atoms with E-state index in [0.29, 0.717) is 0 Å². The number of nitrogens with zero attached hydrogens (tertiary/aromatic N) is 5. The first kappa shape index (κ1) is 14.0. The summed E-state index contributed by atoms with van der Waals surface area (Å²) in [7, 11) is 0. The number of aromatic nitrogens is 4. The fraction of sp³-hybridized carbons (Fsp3) is 0. The van der Waals surface area contributed by atoms with Crippen molar-refractivity contribution in [3.63, 3.8) is 0 Å². The molecule has 0 aliphatic heterocycles. The van der Waals surface area contributed by atoms with Crippen molar-refractivity contribution in [1.29, 1.82) is 0 Å². The van der Waals surface area contributed by atoms with Gasteiger partial charge in [-0.3, -0.25) is 10.1 Å². The second-order valence-electron chi connectivity index (χ2n) is 4.13. The summed E-state index contributed by atoms with van der Waals surface area (Å²) in [5, 5.41) is 14.1. The van der Waals surface area contributed by atoms with Gasteiger partial charge >= 0.3 is 5.69 Å². The highest BCUT2D eigenvalue weighted by molar-refractivity contribution is 6.29. The fourth-order valence-corrected chi connectivity index (χ4v) is 1.94. The van der Waals surface area contributed by atoms with E-state index in [0.717, 1.165) is 12.1 Å². The monoisotopic (exact) mass is 320 g/mol. The summed E-state index contributed by atoms with van der Waals surface area (Å²) in [5.41, 5.74) is -0.458. The van der Waals surface area contributed by atoms with E-state index in [1.807, 2.05) is 0 Å². The number of nitro benzene ring substituents is 1. The second kappa shape index (κ2) is 5.45. The molecule has 0 bridgehead atoms. The lowest BCUT2D eigenvalue weighted by Gasteiger charge is -2.07. The largest absolute Gasteiger partial charge is 0.308 e. The zero-order valence-electron chi connectivity index (χ0n) is 10.7. The SMILES string of the molecule is O=[N+]([O-])c1cc2c(Nc3nccc(Cl)n3)ncnc2cc1F. The Morgan fingerprint density at radius 3 is 2.82 bits per heavy atom. The topological polar surface area (TPSA) is 107 Å². The molecule has 2 aromatic heterocycles. The molecular formula is C12H6ClFN6O2. The molecule has 1 aromatic carbocycles. The summed E-state index contributed by atoms with van der Waals surface area (Å²) in [4.78, 5) is 25.7. The Kier molecular flexibility index (Phi) is 3.47. The van der Waals surface area contributed by atoms with E-state index in [2.05, 4.69) is 25.3 Å². The summed E-state index contributed by atoms with van der Waals surface area (Å²) in [6, 6.07) is 3.52. The van der Waals surface area contributed by atoms with Crippen LogP contribution in [0.5, 0.6) is 0 Å². The lowest BCUT2D eigenvalue weighted by molar-refractivity contribution is -0.387. The second-order valence-corrected chi connectivity index (χ2v) is 4.52. The predicted octanol–water partition coefficient (Wildman–Crippen LogP) is 2.86. The van der Waals surface area contributed by atoms with Gasteiger partial charge in [0.2, 0.25) is 11.8 Å². The zero-order chi connectivity index (χ0) is 15.7. The van der Waals surface area contributed by atoms with E-state index in [9.17, 15) is 14.5 Å². The number of fused-ring (bicyclic) bond motifs is 1. The first-order valence-corrected chi connectivity index (χ1v) is 6.26. The quantitative estimate of drug-likeness (QED) is 0.449. The van der Waals surface area contributed by atoms with E-state index in [-0.39, 0.29) is 27.8 Å². The molecule has 0 saturated carbocycles. The summed E-state index contributed by atoms with van der Waals surface area (Å²) in [6.07, 6.45) is 2.63. The van der Waals surface area contributed by atoms with Gasteiger partial charge in [-0.25, -0.2) is 19.9 Å². The lowest BCUT2D eigenvalue weighted by Crippen LogP contribution is -2.01. The van der Waals surface area contributed by atoms with Gasteiger partial charge in [0, 0.05) is 18.3 Å². The molecule has 3 aromatic rings. The maximum atomic E-state index is 13.6. The molecule has 0 unspecified atom stereocenters. The number of benzene rings is 1. The van der Waals surface area contributed by atoms with Gasteiger partial charge in [0.25, 0.3) is 0 Å². The van der Waals surface area contributed by atoms with Crippen molar-refractivity contribution < 1.29 is 9.31 Å². The standard InChI is InChI=1S/C12H6ClFN6O2/c13-10-1-2-15-12(18-10)19-11-6-3-9(20(21)22)7(14)4-8(6)16-5-17-11/h1-5H,(H,15,16,17,18,19). The van der Waals surface area contributed by atoms with Crippen LogP contribution < -0.4 is 5.32 Å². The van der Waals surface area contributed by atoms with Gasteiger partial charge in [0.15, 0.2) is 0 Å². The van der Waals surface area contributed by atoms with Crippen LogP contribution in [0.15, 0.2) is 30.7 Å². The molecule has 0 aliphatic rings. The molecule has 110 valence electrons. The Balaban J connectivity index is 2.13. The summed E-state index contributed by atoms with van der Waals surface area (Å²) in [5.74, 6) is -0.615. The smallest absolute Gasteiger partial charge is 0.305 e. The Hall–Kier alpha value is -2.94. The molecule has 1 N–H and O–H groups in total. The molecule has 0 atom stereocenters. The van der Waals surface area contributed by atoms with Crippen LogP contribution in [0.2, 0.25) is 5.15 Å². The van der Waals surface area contributed by atoms with Gasteiger partial charge in [0.1, 0.15) is 17.3 Å². The fourth-order valence-electron chi connectivity index (χ4n) is 1.81. The normalized spacial score (nSPS) is 10.6. The summed E-state index contributed by atoms with van der Waals surface area (Å²) in [6.45, 7) is 0. The van der Waals surface area contributed by atoms with Crippen LogP contribution in [0.4, 0.5) is 21.8 Å². The van der Waals surface area contributed by atoms with Crippen molar-refractivity contribution in [1.82, 2.24) is 19.9 Å². The first-order chi connectivity index (χ1) is 10.5. The van der Waals surface area contributed by atoms with E-state index in [4.69, 9.17) is 11.6 Å². The molecule has 10 heteroatoms. The van der Waals surface area contributed by atoms with Gasteiger partial charge in [0.05, 0.1) is 15.8 Å². The van der Waals surface area contributed by atoms with E-state index < -0.39 is 16.4 Å². The number of anilines is 2. The maximum Gasteiger partial charge on any atom is 0.305 e. The molecule has 8 nitrogen and oxygen atoms in total. The minimum absolute atomic E-state index is 0.152. The third-order valence-electron chi connectivity index (χ3n) is 2.75. The van der Waals surface area contributed by atoms with Crippen molar-refractivity contribution in [2.45, 2.75) is 0 Å². The van der Waals surface area contributed by atoms with E-state index in [1.54, 1.807) is 0 Å². The molecule has 0 fully saturated rings. The third kappa shape index (κ3) is 2.61. The van der Waals surface area contributed by atoms with Gasteiger partial charge in [-0.05, 0) is 6.07 Å². The Morgan fingerprint density at radius 2 is 2.09 bits per heavy atom. The van der Waals surface area contributed by atoms with Crippen molar-refractivity contribution in [2.24, 2.45) is 0 Å². The lowest BCUT2D eigenvalue weighted by atomic mass is 10.2. The molecule has 0 spiro atoms. The van der Waals surface area contributed by atoms with Gasteiger partial charge < -0.3 is 5.32 Å². The molecule has 3 rings (SSSR count). The maximum absolute atomic E-state index is 13.6. The highest BCUT2D eigenvalue weighted by Crippen LogP contribution is 2.28. The highest BCUT2D eigenvalue weighted by atomic mass is 35.5. The van der Waals surface area contributed by atoms with Crippen molar-refractivity contribution >= 4 is 40.0 Å². The highest BCUT2D eigenvalue weighted by Gasteiger charge is 2.18. The van der Waals surface area contributed by atoms with Crippen molar-refractivity contribution in [2.75, 3.05) is 5.32 Å². The molecular weight excluding hydrogens is 315 g/mol. The van der Waals surface area contributed by atoms with Crippen molar-refractivity contribution in [3.8, 4) is 0 Å². The van der Waals surface area contributed by atoms with Gasteiger partial charge in [-0.2, -0.15) is 4.39 Å². The van der Waals surface area contributed by atoms with Gasteiger partial charge in [-0.1, -0.05) is 11.6 Å². The zero-order valence-corrected chi connectivity index (χ0v) is 11.5. The number of nitro groups is 1. The molecule has 22 heavy (non-hydrogen) atoms. The summed E-state index contributed by atoms with van der Waals surface area (Å²) < 4.78 is 13.6. The molecule has 0 amide bonds. The Morgan fingerprint density at radius 1 is 1.27 bits per heavy atom. The minimum Gasteiger partial charge on any atom is -0.308 e. The number of halogens is 2. The van der Waals surface area contributed by atoms with Crippen LogP contribution in [-0.4, -0.2) is 24.9 Å². The van der Waals surface area contributed by atoms with Crippen LogP contribution in [-0.2, 0) is 0 Å². The molecule has 0 aliphatic carbocycles. The van der Waals surface area contributed by atoms with E-state index in [1.165, 1.54) is 18.6 Å². The average Bonchev–Trinajstić information content (AvgIpc) is 2.46. The number of hydrogen-bond donors (Lipinski definition) is 1. The Labute approximate surface area is 127 Å². The number of rotatable bonds is 3. The van der Waals surface area contributed by atoms with Crippen LogP contribution >= 0.6 is 11.6 Å². The minimum atomic E-state index is -0.971. The Bertz CT molecular complexity index is 891. The van der Waals surface area contributed by atoms with Gasteiger partial charge in [-0.15, -0.1) is 0 Å². The van der Waals surface area contributed by atoms with E-state index >= 15 is 0 Å². The summed E-state index contributed by atoms with van der Waals surface area (Å²) >= 11 is 5.75. The van der Waals surface area contributed by atoms with Crippen LogP contribution in [0.3, 0.4) is 0 Å². The van der Waals surface area contributed by atoms with Crippen LogP contribution in [0, 0.1) is 15.9 Å². The van der Waals surface area contributed by atoms with Crippen molar-refractivity contribution in [3.05, 3.63) is 51.8 Å². The third-order valence-corrected chi connectivity index (χ3v) is 2.96. The number of hydrogen-bond acceptors (Lipinski definition) is 7.